The maximum absolute atomic E-state index is 12.5. The lowest BCUT2D eigenvalue weighted by Crippen LogP contribution is -2.48. The number of likely N-dealkylation sites (tertiary alicyclic amines) is 1. The highest BCUT2D eigenvalue weighted by Crippen LogP contribution is 2.36. The smallest absolute Gasteiger partial charge is 0.321 e. The van der Waals surface area contributed by atoms with Gasteiger partial charge in [0.15, 0.2) is 0 Å². The van der Waals surface area contributed by atoms with Crippen LogP contribution in [0.5, 0.6) is 0 Å². The van der Waals surface area contributed by atoms with Gasteiger partial charge in [0.2, 0.25) is 0 Å². The van der Waals surface area contributed by atoms with Gasteiger partial charge in [0.1, 0.15) is 5.60 Å². The number of anilines is 1. The van der Waals surface area contributed by atoms with Crippen molar-refractivity contribution in [2.45, 2.75) is 24.9 Å². The molecule has 4 rings (SSSR count). The van der Waals surface area contributed by atoms with Gasteiger partial charge in [-0.2, -0.15) is 0 Å². The summed E-state index contributed by atoms with van der Waals surface area (Å²) in [6, 6.07) is 17.1. The Morgan fingerprint density at radius 1 is 1.08 bits per heavy atom. The number of rotatable bonds is 2. The summed E-state index contributed by atoms with van der Waals surface area (Å²) in [6.07, 6.45) is 2.35. The number of benzene rings is 2. The van der Waals surface area contributed by atoms with Crippen LogP contribution in [0, 0.1) is 0 Å². The van der Waals surface area contributed by atoms with Crippen molar-refractivity contribution in [1.29, 1.82) is 0 Å². The van der Waals surface area contributed by atoms with E-state index in [1.54, 1.807) is 24.3 Å². The molecule has 0 aromatic heterocycles. The average molecular weight is 370 g/mol. The molecule has 1 N–H and O–H groups in total. The summed E-state index contributed by atoms with van der Waals surface area (Å²) in [5.41, 5.74) is 2.56. The Morgan fingerprint density at radius 3 is 2.46 bits per heavy atom. The third-order valence-corrected chi connectivity index (χ3v) is 5.26. The molecule has 0 bridgehead atoms. The van der Waals surface area contributed by atoms with Crippen LogP contribution in [0.1, 0.15) is 24.8 Å². The molecular formula is C20H20ClN3O2. The second kappa shape index (κ2) is 7.00. The Bertz CT molecular complexity index is 813. The summed E-state index contributed by atoms with van der Waals surface area (Å²) in [4.78, 5) is 20.1. The van der Waals surface area contributed by atoms with Crippen LogP contribution in [-0.2, 0) is 4.84 Å². The van der Waals surface area contributed by atoms with Crippen molar-refractivity contribution in [3.05, 3.63) is 65.2 Å². The second-order valence-electron chi connectivity index (χ2n) is 6.78. The molecule has 0 saturated carbocycles. The monoisotopic (exact) mass is 369 g/mol. The number of piperidine rings is 1. The van der Waals surface area contributed by atoms with Crippen molar-refractivity contribution in [3.63, 3.8) is 0 Å². The molecule has 2 aromatic rings. The lowest BCUT2D eigenvalue weighted by atomic mass is 9.85. The molecule has 26 heavy (non-hydrogen) atoms. The molecule has 1 saturated heterocycles. The van der Waals surface area contributed by atoms with Crippen LogP contribution in [-0.4, -0.2) is 35.3 Å². The summed E-state index contributed by atoms with van der Waals surface area (Å²) in [7, 11) is 0. The molecule has 0 aliphatic carbocycles. The number of hydrogen-bond donors (Lipinski definition) is 1. The van der Waals surface area contributed by atoms with Crippen molar-refractivity contribution < 1.29 is 9.63 Å². The Hall–Kier alpha value is -2.53. The molecule has 1 fully saturated rings. The van der Waals surface area contributed by atoms with E-state index < -0.39 is 0 Å². The molecule has 2 amide bonds. The summed E-state index contributed by atoms with van der Waals surface area (Å²) in [5, 5.41) is 7.87. The van der Waals surface area contributed by atoms with Crippen LogP contribution in [0.25, 0.3) is 0 Å². The molecule has 134 valence electrons. The zero-order chi connectivity index (χ0) is 18.0. The average Bonchev–Trinajstić information content (AvgIpc) is 3.08. The van der Waals surface area contributed by atoms with Crippen LogP contribution >= 0.6 is 11.6 Å². The number of nitrogens with zero attached hydrogens (tertiary/aromatic N) is 2. The Labute approximate surface area is 157 Å². The molecule has 0 unspecified atom stereocenters. The molecule has 2 heterocycles. The normalized spacial score (nSPS) is 18.3. The Balaban J connectivity index is 1.33. The van der Waals surface area contributed by atoms with Crippen LogP contribution in [0.2, 0.25) is 5.02 Å². The predicted octanol–water partition coefficient (Wildman–Crippen LogP) is 4.53. The second-order valence-corrected chi connectivity index (χ2v) is 7.22. The topological polar surface area (TPSA) is 53.9 Å². The van der Waals surface area contributed by atoms with Gasteiger partial charge in [-0.3, -0.25) is 0 Å². The van der Waals surface area contributed by atoms with Crippen molar-refractivity contribution in [3.8, 4) is 0 Å². The number of halogens is 1. The first-order valence-corrected chi connectivity index (χ1v) is 9.13. The van der Waals surface area contributed by atoms with Crippen LogP contribution in [0.4, 0.5) is 10.5 Å². The summed E-state index contributed by atoms with van der Waals surface area (Å²) in [6.45, 7) is 1.30. The van der Waals surface area contributed by atoms with E-state index in [9.17, 15) is 4.79 Å². The van der Waals surface area contributed by atoms with Gasteiger partial charge in [-0.25, -0.2) is 4.79 Å². The number of urea groups is 1. The maximum Gasteiger partial charge on any atom is 0.321 e. The number of nitrogens with one attached hydrogen (secondary N) is 1. The van der Waals surface area contributed by atoms with Gasteiger partial charge in [-0.15, -0.1) is 0 Å². The zero-order valence-corrected chi connectivity index (χ0v) is 15.1. The van der Waals surface area contributed by atoms with Gasteiger partial charge in [-0.1, -0.05) is 47.1 Å². The fraction of sp³-hybridized carbons (Fsp3) is 0.300. The van der Waals surface area contributed by atoms with Crippen molar-refractivity contribution in [1.82, 2.24) is 4.90 Å². The maximum atomic E-state index is 12.5. The molecule has 6 heteroatoms. The molecule has 2 aliphatic heterocycles. The van der Waals surface area contributed by atoms with Crippen LogP contribution in [0.3, 0.4) is 0 Å². The van der Waals surface area contributed by atoms with E-state index in [4.69, 9.17) is 16.4 Å². The molecule has 5 nitrogen and oxygen atoms in total. The fourth-order valence-corrected chi connectivity index (χ4v) is 3.55. The van der Waals surface area contributed by atoms with Crippen molar-refractivity contribution in [2.24, 2.45) is 5.16 Å². The van der Waals surface area contributed by atoms with E-state index in [0.29, 0.717) is 18.1 Å². The molecule has 0 atom stereocenters. The van der Waals surface area contributed by atoms with Crippen molar-refractivity contribution in [2.75, 3.05) is 18.4 Å². The minimum Gasteiger partial charge on any atom is -0.388 e. The van der Waals surface area contributed by atoms with Gasteiger partial charge in [0.05, 0.1) is 5.71 Å². The third kappa shape index (κ3) is 3.53. The number of amides is 2. The summed E-state index contributed by atoms with van der Waals surface area (Å²) < 4.78 is 0. The minimum atomic E-state index is -0.276. The predicted molar refractivity (Wildman–Crippen MR) is 103 cm³/mol. The van der Waals surface area contributed by atoms with Crippen LogP contribution < -0.4 is 5.32 Å². The Kier molecular flexibility index (Phi) is 4.55. The minimum absolute atomic E-state index is 0.0932. The Morgan fingerprint density at radius 2 is 1.77 bits per heavy atom. The molecule has 2 aliphatic rings. The van der Waals surface area contributed by atoms with E-state index in [2.05, 4.69) is 22.6 Å². The first-order chi connectivity index (χ1) is 12.6. The quantitative estimate of drug-likeness (QED) is 0.845. The van der Waals surface area contributed by atoms with Gasteiger partial charge >= 0.3 is 6.03 Å². The summed E-state index contributed by atoms with van der Waals surface area (Å²) in [5.74, 6) is 0. The number of hydrogen-bond acceptors (Lipinski definition) is 3. The SMILES string of the molecule is O=C(Nc1ccc(Cl)cc1)N1CCC2(CC1)CC(c1ccccc1)=NO2. The fourth-order valence-electron chi connectivity index (χ4n) is 3.43. The summed E-state index contributed by atoms with van der Waals surface area (Å²) >= 11 is 5.87. The van der Waals surface area contributed by atoms with E-state index in [0.717, 1.165) is 36.2 Å². The van der Waals surface area contributed by atoms with Crippen molar-refractivity contribution >= 4 is 29.0 Å². The largest absolute Gasteiger partial charge is 0.388 e. The van der Waals surface area contributed by atoms with Gasteiger partial charge in [0, 0.05) is 43.1 Å². The lowest BCUT2D eigenvalue weighted by molar-refractivity contribution is -0.0544. The molecule has 2 aromatic carbocycles. The highest BCUT2D eigenvalue weighted by Gasteiger charge is 2.43. The number of carbonyl (C=O) groups excluding carboxylic acids is 1. The van der Waals surface area contributed by atoms with E-state index >= 15 is 0 Å². The number of carbonyl (C=O) groups is 1. The first-order valence-electron chi connectivity index (χ1n) is 8.76. The van der Waals surface area contributed by atoms with Gasteiger partial charge < -0.3 is 15.1 Å². The molecule has 1 spiro atoms. The number of oxime groups is 1. The third-order valence-electron chi connectivity index (χ3n) is 5.00. The lowest BCUT2D eigenvalue weighted by Gasteiger charge is -2.37. The van der Waals surface area contributed by atoms with E-state index in [1.807, 2.05) is 23.1 Å². The highest BCUT2D eigenvalue weighted by molar-refractivity contribution is 6.30. The molecule has 0 radical (unpaired) electrons. The van der Waals surface area contributed by atoms with E-state index in [1.165, 1.54) is 0 Å². The van der Waals surface area contributed by atoms with Gasteiger partial charge in [-0.05, 0) is 29.8 Å². The standard InChI is InChI=1S/C20H20ClN3O2/c21-16-6-8-17(9-7-16)22-19(25)24-12-10-20(11-13-24)14-18(23-26-20)15-4-2-1-3-5-15/h1-9H,10-14H2,(H,22,25). The van der Waals surface area contributed by atoms with Gasteiger partial charge in [0.25, 0.3) is 0 Å². The first kappa shape index (κ1) is 16.9. The highest BCUT2D eigenvalue weighted by atomic mass is 35.5. The zero-order valence-electron chi connectivity index (χ0n) is 14.3. The van der Waals surface area contributed by atoms with E-state index in [-0.39, 0.29) is 11.6 Å². The molecular weight excluding hydrogens is 350 g/mol. The van der Waals surface area contributed by atoms with Crippen LogP contribution in [0.15, 0.2) is 59.8 Å².